The van der Waals surface area contributed by atoms with Gasteiger partial charge in [0, 0.05) is 18.5 Å². The molecule has 0 fully saturated rings. The summed E-state index contributed by atoms with van der Waals surface area (Å²) in [5.41, 5.74) is 4.98. The van der Waals surface area contributed by atoms with Gasteiger partial charge in [0.2, 0.25) is 11.8 Å². The standard InChI is InChI=1S/C22H27N3O3/c1-4-28-19-12-10-18(11-13-19)23-20(26)14-15-21(27)24-25-22(16(2)3)17-8-6-5-7-9-17/h5-13,16H,4,14-15H2,1-3H3,(H,23,26)(H,24,27)/b25-22+. The van der Waals surface area contributed by atoms with Crippen molar-refractivity contribution in [2.75, 3.05) is 11.9 Å². The highest BCUT2D eigenvalue weighted by Crippen LogP contribution is 2.16. The van der Waals surface area contributed by atoms with E-state index in [1.807, 2.05) is 51.1 Å². The minimum absolute atomic E-state index is 0.0620. The van der Waals surface area contributed by atoms with Crippen LogP contribution in [-0.2, 0) is 9.59 Å². The number of hydrogen-bond acceptors (Lipinski definition) is 4. The molecule has 6 nitrogen and oxygen atoms in total. The Balaban J connectivity index is 1.83. The summed E-state index contributed by atoms with van der Waals surface area (Å²) in [5, 5.41) is 7.02. The van der Waals surface area contributed by atoms with E-state index in [9.17, 15) is 9.59 Å². The minimum Gasteiger partial charge on any atom is -0.494 e. The number of hydrazone groups is 1. The van der Waals surface area contributed by atoms with Gasteiger partial charge in [-0.3, -0.25) is 9.59 Å². The van der Waals surface area contributed by atoms with Crippen LogP contribution < -0.4 is 15.5 Å². The number of hydrogen-bond donors (Lipinski definition) is 2. The molecule has 0 saturated carbocycles. The topological polar surface area (TPSA) is 79.8 Å². The summed E-state index contributed by atoms with van der Waals surface area (Å²) in [4.78, 5) is 24.1. The van der Waals surface area contributed by atoms with Crippen molar-refractivity contribution in [2.24, 2.45) is 11.0 Å². The third kappa shape index (κ3) is 6.87. The van der Waals surface area contributed by atoms with Gasteiger partial charge in [-0.05, 0) is 42.7 Å². The molecule has 2 aromatic rings. The lowest BCUT2D eigenvalue weighted by Gasteiger charge is -2.11. The summed E-state index contributed by atoms with van der Waals surface area (Å²) in [7, 11) is 0. The van der Waals surface area contributed by atoms with E-state index in [1.165, 1.54) is 0 Å². The van der Waals surface area contributed by atoms with E-state index in [0.29, 0.717) is 12.3 Å². The van der Waals surface area contributed by atoms with Crippen LogP contribution in [0, 0.1) is 5.92 Å². The number of benzene rings is 2. The van der Waals surface area contributed by atoms with Gasteiger partial charge in [0.1, 0.15) is 5.75 Å². The van der Waals surface area contributed by atoms with E-state index >= 15 is 0 Å². The lowest BCUT2D eigenvalue weighted by atomic mass is 10.0. The molecule has 6 heteroatoms. The van der Waals surface area contributed by atoms with Crippen molar-refractivity contribution in [1.82, 2.24) is 5.43 Å². The summed E-state index contributed by atoms with van der Waals surface area (Å²) in [6.07, 6.45) is 0.142. The Morgan fingerprint density at radius 2 is 1.61 bits per heavy atom. The Hall–Kier alpha value is -3.15. The molecule has 0 aliphatic heterocycles. The fourth-order valence-electron chi connectivity index (χ4n) is 2.57. The molecule has 2 N–H and O–H groups in total. The monoisotopic (exact) mass is 381 g/mol. The van der Waals surface area contributed by atoms with E-state index in [4.69, 9.17) is 4.74 Å². The molecule has 0 aliphatic carbocycles. The van der Waals surface area contributed by atoms with Gasteiger partial charge in [0.05, 0.1) is 12.3 Å². The molecule has 0 saturated heterocycles. The highest BCUT2D eigenvalue weighted by Gasteiger charge is 2.11. The van der Waals surface area contributed by atoms with Crippen LogP contribution in [0.1, 0.15) is 39.2 Å². The first-order valence-corrected chi connectivity index (χ1v) is 9.44. The third-order valence-corrected chi connectivity index (χ3v) is 3.95. The predicted molar refractivity (Wildman–Crippen MR) is 111 cm³/mol. The van der Waals surface area contributed by atoms with Crippen molar-refractivity contribution >= 4 is 23.2 Å². The van der Waals surface area contributed by atoms with Crippen molar-refractivity contribution in [2.45, 2.75) is 33.6 Å². The van der Waals surface area contributed by atoms with Crippen molar-refractivity contribution < 1.29 is 14.3 Å². The number of carbonyl (C=O) groups excluding carboxylic acids is 2. The summed E-state index contributed by atoms with van der Waals surface area (Å²) in [5.74, 6) is 0.383. The first kappa shape index (κ1) is 21.2. The average Bonchev–Trinajstić information content (AvgIpc) is 2.69. The second-order valence-electron chi connectivity index (χ2n) is 6.56. The van der Waals surface area contributed by atoms with Gasteiger partial charge in [0.15, 0.2) is 0 Å². The van der Waals surface area contributed by atoms with Crippen LogP contribution in [0.5, 0.6) is 5.75 Å². The molecule has 0 unspecified atom stereocenters. The fourth-order valence-corrected chi connectivity index (χ4v) is 2.57. The maximum Gasteiger partial charge on any atom is 0.240 e. The minimum atomic E-state index is -0.295. The lowest BCUT2D eigenvalue weighted by molar-refractivity contribution is -0.124. The van der Waals surface area contributed by atoms with Gasteiger partial charge < -0.3 is 10.1 Å². The molecule has 0 spiro atoms. The number of ether oxygens (including phenoxy) is 1. The number of anilines is 1. The molecule has 2 rings (SSSR count). The van der Waals surface area contributed by atoms with Gasteiger partial charge in [-0.2, -0.15) is 5.10 Å². The number of amides is 2. The zero-order valence-electron chi connectivity index (χ0n) is 16.6. The van der Waals surface area contributed by atoms with Crippen LogP contribution in [0.4, 0.5) is 5.69 Å². The lowest BCUT2D eigenvalue weighted by Crippen LogP contribution is -2.23. The van der Waals surface area contributed by atoms with Crippen LogP contribution in [0.2, 0.25) is 0 Å². The molecule has 28 heavy (non-hydrogen) atoms. The Bertz CT molecular complexity index is 800. The van der Waals surface area contributed by atoms with Crippen molar-refractivity contribution in [3.8, 4) is 5.75 Å². The summed E-state index contributed by atoms with van der Waals surface area (Å²) < 4.78 is 5.36. The number of carbonyl (C=O) groups is 2. The average molecular weight is 381 g/mol. The Morgan fingerprint density at radius 1 is 0.964 bits per heavy atom. The zero-order valence-corrected chi connectivity index (χ0v) is 16.6. The van der Waals surface area contributed by atoms with Gasteiger partial charge in [-0.1, -0.05) is 44.2 Å². The Labute approximate surface area is 166 Å². The van der Waals surface area contributed by atoms with Gasteiger partial charge in [0.25, 0.3) is 0 Å². The molecule has 2 amide bonds. The van der Waals surface area contributed by atoms with Crippen molar-refractivity contribution in [3.63, 3.8) is 0 Å². The molecule has 148 valence electrons. The number of nitrogens with one attached hydrogen (secondary N) is 2. The molecule has 0 aromatic heterocycles. The second-order valence-corrected chi connectivity index (χ2v) is 6.56. The largest absolute Gasteiger partial charge is 0.494 e. The van der Waals surface area contributed by atoms with Gasteiger partial charge >= 0.3 is 0 Å². The van der Waals surface area contributed by atoms with E-state index in [-0.39, 0.29) is 30.6 Å². The molecule has 2 aromatic carbocycles. The van der Waals surface area contributed by atoms with Crippen LogP contribution in [0.3, 0.4) is 0 Å². The maximum atomic E-state index is 12.1. The molecular formula is C22H27N3O3. The second kappa shape index (κ2) is 10.9. The Morgan fingerprint density at radius 3 is 2.21 bits per heavy atom. The summed E-state index contributed by atoms with van der Waals surface area (Å²) in [6.45, 7) is 6.53. The first-order valence-electron chi connectivity index (χ1n) is 9.44. The first-order chi connectivity index (χ1) is 13.5. The smallest absolute Gasteiger partial charge is 0.240 e. The SMILES string of the molecule is CCOc1ccc(NC(=O)CCC(=O)N/N=C(/c2ccccc2)C(C)C)cc1. The van der Waals surface area contributed by atoms with Gasteiger partial charge in [-0.15, -0.1) is 0 Å². The molecule has 0 atom stereocenters. The van der Waals surface area contributed by atoms with Crippen molar-refractivity contribution in [1.29, 1.82) is 0 Å². The molecule has 0 bridgehead atoms. The van der Waals surface area contributed by atoms with E-state index in [1.54, 1.807) is 24.3 Å². The van der Waals surface area contributed by atoms with E-state index in [2.05, 4.69) is 15.8 Å². The molecule has 0 aliphatic rings. The highest BCUT2D eigenvalue weighted by atomic mass is 16.5. The maximum absolute atomic E-state index is 12.1. The summed E-state index contributed by atoms with van der Waals surface area (Å²) >= 11 is 0. The third-order valence-electron chi connectivity index (χ3n) is 3.95. The van der Waals surface area contributed by atoms with Gasteiger partial charge in [-0.25, -0.2) is 5.43 Å². The Kier molecular flexibility index (Phi) is 8.21. The highest BCUT2D eigenvalue weighted by molar-refractivity contribution is 6.02. The molecule has 0 heterocycles. The van der Waals surface area contributed by atoms with Crippen LogP contribution in [0.15, 0.2) is 59.7 Å². The van der Waals surface area contributed by atoms with Crippen LogP contribution in [0.25, 0.3) is 0 Å². The summed E-state index contributed by atoms with van der Waals surface area (Å²) in [6, 6.07) is 16.8. The van der Waals surface area contributed by atoms with Crippen molar-refractivity contribution in [3.05, 3.63) is 60.2 Å². The number of rotatable bonds is 9. The molecular weight excluding hydrogens is 354 g/mol. The normalized spacial score (nSPS) is 11.2. The quantitative estimate of drug-likeness (QED) is 0.509. The van der Waals surface area contributed by atoms with Crippen LogP contribution in [-0.4, -0.2) is 24.1 Å². The molecule has 0 radical (unpaired) electrons. The van der Waals surface area contributed by atoms with E-state index in [0.717, 1.165) is 17.0 Å². The number of nitrogens with zero attached hydrogens (tertiary/aromatic N) is 1. The fraction of sp³-hybridized carbons (Fsp3) is 0.318. The zero-order chi connectivity index (χ0) is 20.4. The predicted octanol–water partition coefficient (Wildman–Crippen LogP) is 3.98. The van der Waals surface area contributed by atoms with E-state index < -0.39 is 0 Å². The van der Waals surface area contributed by atoms with Crippen LogP contribution >= 0.6 is 0 Å².